The maximum absolute atomic E-state index is 9.18. The molecule has 0 bridgehead atoms. The number of rotatable bonds is 2. The molecule has 2 unspecified atom stereocenters. The van der Waals surface area contributed by atoms with Crippen molar-refractivity contribution in [1.82, 2.24) is 5.32 Å². The van der Waals surface area contributed by atoms with E-state index in [1.807, 2.05) is 0 Å². The normalized spacial score (nSPS) is 40.9. The molecule has 5 heteroatoms. The van der Waals surface area contributed by atoms with E-state index in [1.165, 1.54) is 0 Å². The molecule has 66 valence electrons. The van der Waals surface area contributed by atoms with E-state index in [0.717, 1.165) is 0 Å². The zero-order valence-corrected chi connectivity index (χ0v) is 6.01. The van der Waals surface area contributed by atoms with Gasteiger partial charge in [-0.1, -0.05) is 0 Å². The van der Waals surface area contributed by atoms with E-state index >= 15 is 0 Å². The SMILES string of the molecule is OC[C@@H](O)[C@H]1NCC(O)C1O. The molecule has 0 aromatic carbocycles. The molecule has 0 spiro atoms. The number of hydrogen-bond acceptors (Lipinski definition) is 5. The van der Waals surface area contributed by atoms with Crippen LogP contribution in [0.3, 0.4) is 0 Å². The molecule has 5 nitrogen and oxygen atoms in total. The Kier molecular flexibility index (Phi) is 2.80. The van der Waals surface area contributed by atoms with E-state index in [0.29, 0.717) is 0 Å². The first-order valence-electron chi connectivity index (χ1n) is 3.55. The Morgan fingerprint density at radius 3 is 2.45 bits per heavy atom. The molecule has 1 saturated heterocycles. The molecule has 0 aliphatic carbocycles. The number of β-amino-alcohol motifs (C(OH)–C–C–N with tert-alkyl or cyclic N) is 1. The third-order valence-electron chi connectivity index (χ3n) is 1.93. The second kappa shape index (κ2) is 3.46. The summed E-state index contributed by atoms with van der Waals surface area (Å²) in [4.78, 5) is 0. The number of aliphatic hydroxyl groups is 4. The summed E-state index contributed by atoms with van der Waals surface area (Å²) in [6.07, 6.45) is -2.85. The van der Waals surface area contributed by atoms with Gasteiger partial charge in [0.15, 0.2) is 0 Å². The molecule has 1 aliphatic rings. The van der Waals surface area contributed by atoms with Crippen molar-refractivity contribution in [3.8, 4) is 0 Å². The molecule has 0 radical (unpaired) electrons. The highest BCUT2D eigenvalue weighted by atomic mass is 16.3. The van der Waals surface area contributed by atoms with Crippen LogP contribution in [0.2, 0.25) is 0 Å². The molecule has 0 saturated carbocycles. The Labute approximate surface area is 64.3 Å². The molecule has 1 heterocycles. The Balaban J connectivity index is 2.47. The molecule has 1 aliphatic heterocycles. The molecule has 0 amide bonds. The third kappa shape index (κ3) is 1.69. The molecule has 11 heavy (non-hydrogen) atoms. The number of nitrogens with one attached hydrogen (secondary N) is 1. The maximum atomic E-state index is 9.18. The fourth-order valence-corrected chi connectivity index (χ4v) is 1.21. The zero-order chi connectivity index (χ0) is 8.43. The van der Waals surface area contributed by atoms with Crippen LogP contribution in [-0.2, 0) is 0 Å². The third-order valence-corrected chi connectivity index (χ3v) is 1.93. The van der Waals surface area contributed by atoms with E-state index in [-0.39, 0.29) is 6.54 Å². The highest BCUT2D eigenvalue weighted by molar-refractivity contribution is 4.94. The standard InChI is InChI=1S/C6H13NO4/c8-2-4(10)5-6(11)3(9)1-7-5/h3-11H,1-2H2/t3?,4-,5-,6?/m1/s1. The van der Waals surface area contributed by atoms with Crippen molar-refractivity contribution in [3.05, 3.63) is 0 Å². The van der Waals surface area contributed by atoms with Gasteiger partial charge in [0.05, 0.1) is 31.0 Å². The van der Waals surface area contributed by atoms with Crippen LogP contribution in [0.5, 0.6) is 0 Å². The molecule has 0 aromatic rings. The van der Waals surface area contributed by atoms with E-state index in [1.54, 1.807) is 0 Å². The first-order valence-corrected chi connectivity index (χ1v) is 3.55. The summed E-state index contributed by atoms with van der Waals surface area (Å²) < 4.78 is 0. The second-order valence-corrected chi connectivity index (χ2v) is 2.74. The van der Waals surface area contributed by atoms with E-state index in [4.69, 9.17) is 15.3 Å². The quantitative estimate of drug-likeness (QED) is 0.300. The maximum Gasteiger partial charge on any atom is 0.0990 e. The zero-order valence-electron chi connectivity index (χ0n) is 6.01. The Morgan fingerprint density at radius 1 is 1.45 bits per heavy atom. The van der Waals surface area contributed by atoms with Gasteiger partial charge in [-0.25, -0.2) is 0 Å². The van der Waals surface area contributed by atoms with Crippen LogP contribution in [0.4, 0.5) is 0 Å². The minimum absolute atomic E-state index is 0.253. The van der Waals surface area contributed by atoms with Crippen LogP contribution in [0.25, 0.3) is 0 Å². The first kappa shape index (κ1) is 8.89. The van der Waals surface area contributed by atoms with Crippen molar-refractivity contribution in [2.75, 3.05) is 13.2 Å². The lowest BCUT2D eigenvalue weighted by molar-refractivity contribution is -0.00977. The summed E-state index contributed by atoms with van der Waals surface area (Å²) >= 11 is 0. The van der Waals surface area contributed by atoms with Crippen molar-refractivity contribution >= 4 is 0 Å². The van der Waals surface area contributed by atoms with Crippen LogP contribution < -0.4 is 5.32 Å². The fourth-order valence-electron chi connectivity index (χ4n) is 1.21. The average molecular weight is 163 g/mol. The largest absolute Gasteiger partial charge is 0.394 e. The lowest BCUT2D eigenvalue weighted by Crippen LogP contribution is -2.44. The van der Waals surface area contributed by atoms with Crippen LogP contribution in [0.1, 0.15) is 0 Å². The monoisotopic (exact) mass is 163 g/mol. The second-order valence-electron chi connectivity index (χ2n) is 2.74. The predicted molar refractivity (Wildman–Crippen MR) is 36.9 cm³/mol. The van der Waals surface area contributed by atoms with Gasteiger partial charge >= 0.3 is 0 Å². The summed E-state index contributed by atoms with van der Waals surface area (Å²) in [6.45, 7) is -0.162. The lowest BCUT2D eigenvalue weighted by Gasteiger charge is -2.19. The van der Waals surface area contributed by atoms with Gasteiger partial charge in [0.2, 0.25) is 0 Å². The van der Waals surface area contributed by atoms with Gasteiger partial charge in [0.25, 0.3) is 0 Å². The molecule has 5 N–H and O–H groups in total. The highest BCUT2D eigenvalue weighted by Gasteiger charge is 2.36. The summed E-state index contributed by atoms with van der Waals surface area (Å²) in [5.74, 6) is 0. The van der Waals surface area contributed by atoms with E-state index < -0.39 is 31.0 Å². The van der Waals surface area contributed by atoms with Gasteiger partial charge < -0.3 is 25.7 Å². The molecular weight excluding hydrogens is 150 g/mol. The molecule has 0 aromatic heterocycles. The summed E-state index contributed by atoms with van der Waals surface area (Å²) in [5, 5.41) is 38.5. The van der Waals surface area contributed by atoms with Gasteiger partial charge in [0.1, 0.15) is 0 Å². The van der Waals surface area contributed by atoms with Crippen molar-refractivity contribution in [2.45, 2.75) is 24.4 Å². The molecule has 1 fully saturated rings. The number of hydrogen-bond donors (Lipinski definition) is 5. The van der Waals surface area contributed by atoms with Crippen LogP contribution in [-0.4, -0.2) is 57.9 Å². The fraction of sp³-hybridized carbons (Fsp3) is 1.00. The first-order chi connectivity index (χ1) is 5.16. The summed E-state index contributed by atoms with van der Waals surface area (Å²) in [7, 11) is 0. The average Bonchev–Trinajstić information content (AvgIpc) is 2.32. The Morgan fingerprint density at radius 2 is 2.09 bits per heavy atom. The van der Waals surface area contributed by atoms with Crippen LogP contribution in [0.15, 0.2) is 0 Å². The van der Waals surface area contributed by atoms with Crippen molar-refractivity contribution in [2.24, 2.45) is 0 Å². The van der Waals surface area contributed by atoms with E-state index in [2.05, 4.69) is 5.32 Å². The topological polar surface area (TPSA) is 93.0 Å². The van der Waals surface area contributed by atoms with Crippen molar-refractivity contribution in [3.63, 3.8) is 0 Å². The van der Waals surface area contributed by atoms with E-state index in [9.17, 15) is 5.11 Å². The van der Waals surface area contributed by atoms with Gasteiger partial charge in [0, 0.05) is 6.54 Å². The molecular formula is C6H13NO4. The summed E-state index contributed by atoms with van der Waals surface area (Å²) in [5.41, 5.74) is 0. The van der Waals surface area contributed by atoms with Crippen molar-refractivity contribution in [1.29, 1.82) is 0 Å². The minimum Gasteiger partial charge on any atom is -0.394 e. The minimum atomic E-state index is -1.01. The van der Waals surface area contributed by atoms with Gasteiger partial charge in [-0.15, -0.1) is 0 Å². The smallest absolute Gasteiger partial charge is 0.0990 e. The summed E-state index contributed by atoms with van der Waals surface area (Å²) in [6, 6.07) is -0.616. The molecule has 1 rings (SSSR count). The Hall–Kier alpha value is -0.200. The van der Waals surface area contributed by atoms with Gasteiger partial charge in [-0.2, -0.15) is 0 Å². The molecule has 4 atom stereocenters. The van der Waals surface area contributed by atoms with Gasteiger partial charge in [-0.05, 0) is 0 Å². The van der Waals surface area contributed by atoms with Crippen LogP contribution in [0, 0.1) is 0 Å². The highest BCUT2D eigenvalue weighted by Crippen LogP contribution is 2.10. The number of aliphatic hydroxyl groups excluding tert-OH is 4. The predicted octanol–water partition coefficient (Wildman–Crippen LogP) is -2.97. The Bertz CT molecular complexity index is 132. The lowest BCUT2D eigenvalue weighted by atomic mass is 10.1. The van der Waals surface area contributed by atoms with Gasteiger partial charge in [-0.3, -0.25) is 0 Å². The van der Waals surface area contributed by atoms with Crippen LogP contribution >= 0.6 is 0 Å². The van der Waals surface area contributed by atoms with Crippen molar-refractivity contribution < 1.29 is 20.4 Å².